The number of ether oxygens (including phenoxy) is 1. The van der Waals surface area contributed by atoms with Gasteiger partial charge in [0.05, 0.1) is 12.2 Å². The normalized spacial score (nSPS) is 50.4. The maximum absolute atomic E-state index is 17.0. The highest BCUT2D eigenvalue weighted by Crippen LogP contribution is 2.69. The Balaban J connectivity index is 1.79. The van der Waals surface area contributed by atoms with E-state index in [0.29, 0.717) is 38.7 Å². The van der Waals surface area contributed by atoms with Crippen molar-refractivity contribution in [2.24, 2.45) is 28.6 Å². The standard InChI is InChI=1S/C23H33FO4/c1-5-28-18-11-17-16-7-6-14-10-15(26)8-9-22(14,4)23(16,24)19(27)12-21(17,3)20(18)13(2)25/h10,16-20,27H,5-9,11-12H2,1-4H3/t16-,17-,18+,19-,20-,21-,22-,23-/m0/s1. The molecule has 0 heterocycles. The van der Waals surface area contributed by atoms with E-state index in [4.69, 9.17) is 4.74 Å². The fourth-order valence-corrected chi connectivity index (χ4v) is 7.67. The molecule has 3 saturated carbocycles. The van der Waals surface area contributed by atoms with Crippen LogP contribution in [0, 0.1) is 28.6 Å². The van der Waals surface area contributed by atoms with Crippen LogP contribution in [0.1, 0.15) is 66.2 Å². The quantitative estimate of drug-likeness (QED) is 0.793. The van der Waals surface area contributed by atoms with Gasteiger partial charge in [-0.05, 0) is 63.4 Å². The van der Waals surface area contributed by atoms with E-state index in [-0.39, 0.29) is 41.8 Å². The van der Waals surface area contributed by atoms with Gasteiger partial charge >= 0.3 is 0 Å². The van der Waals surface area contributed by atoms with Crippen molar-refractivity contribution < 1.29 is 23.8 Å². The molecule has 4 aliphatic carbocycles. The van der Waals surface area contributed by atoms with Crippen molar-refractivity contribution >= 4 is 11.6 Å². The van der Waals surface area contributed by atoms with Crippen LogP contribution in [0.3, 0.4) is 0 Å². The summed E-state index contributed by atoms with van der Waals surface area (Å²) in [4.78, 5) is 24.5. The number of aliphatic hydroxyl groups is 1. The summed E-state index contributed by atoms with van der Waals surface area (Å²) in [7, 11) is 0. The lowest BCUT2D eigenvalue weighted by Crippen LogP contribution is -2.67. The number of fused-ring (bicyclic) bond motifs is 5. The number of rotatable bonds is 3. The van der Waals surface area contributed by atoms with Crippen LogP contribution >= 0.6 is 0 Å². The van der Waals surface area contributed by atoms with Crippen molar-refractivity contribution in [3.63, 3.8) is 0 Å². The van der Waals surface area contributed by atoms with E-state index in [0.717, 1.165) is 5.57 Å². The third-order valence-corrected chi connectivity index (χ3v) is 8.86. The van der Waals surface area contributed by atoms with E-state index in [2.05, 4.69) is 6.92 Å². The molecule has 0 spiro atoms. The van der Waals surface area contributed by atoms with Crippen molar-refractivity contribution in [2.75, 3.05) is 6.61 Å². The molecule has 3 fully saturated rings. The summed E-state index contributed by atoms with van der Waals surface area (Å²) in [5.74, 6) is -0.466. The highest BCUT2D eigenvalue weighted by Gasteiger charge is 2.72. The first kappa shape index (κ1) is 20.2. The first-order chi connectivity index (χ1) is 13.1. The van der Waals surface area contributed by atoms with Gasteiger partial charge in [-0.1, -0.05) is 19.4 Å². The number of halogens is 1. The predicted molar refractivity (Wildman–Crippen MR) is 103 cm³/mol. The van der Waals surface area contributed by atoms with Crippen LogP contribution in [0.2, 0.25) is 0 Å². The molecule has 0 aromatic carbocycles. The monoisotopic (exact) mass is 392 g/mol. The van der Waals surface area contributed by atoms with Gasteiger partial charge in [0.1, 0.15) is 11.5 Å². The van der Waals surface area contributed by atoms with Gasteiger partial charge in [0.15, 0.2) is 5.78 Å². The van der Waals surface area contributed by atoms with Gasteiger partial charge in [-0.15, -0.1) is 0 Å². The zero-order valence-corrected chi connectivity index (χ0v) is 17.5. The molecule has 5 heteroatoms. The highest BCUT2D eigenvalue weighted by molar-refractivity contribution is 5.91. The van der Waals surface area contributed by atoms with Gasteiger partial charge in [-0.3, -0.25) is 9.59 Å². The number of allylic oxidation sites excluding steroid dienone is 1. The summed E-state index contributed by atoms with van der Waals surface area (Å²) >= 11 is 0. The molecular formula is C23H33FO4. The molecule has 4 aliphatic rings. The van der Waals surface area contributed by atoms with Crippen LogP contribution in [-0.2, 0) is 14.3 Å². The number of aliphatic hydroxyl groups excluding tert-OH is 1. The molecular weight excluding hydrogens is 359 g/mol. The van der Waals surface area contributed by atoms with Crippen molar-refractivity contribution in [1.29, 1.82) is 0 Å². The van der Waals surface area contributed by atoms with E-state index in [1.54, 1.807) is 13.0 Å². The third kappa shape index (κ3) is 2.41. The smallest absolute Gasteiger partial charge is 0.155 e. The predicted octanol–water partition coefficient (Wildman–Crippen LogP) is 3.80. The summed E-state index contributed by atoms with van der Waals surface area (Å²) in [5.41, 5.74) is -2.15. The number of hydrogen-bond donors (Lipinski definition) is 1. The van der Waals surface area contributed by atoms with E-state index in [1.807, 2.05) is 13.8 Å². The molecule has 28 heavy (non-hydrogen) atoms. The lowest BCUT2D eigenvalue weighted by atomic mass is 9.44. The summed E-state index contributed by atoms with van der Waals surface area (Å²) < 4.78 is 22.9. The van der Waals surface area contributed by atoms with Gasteiger partial charge in [0, 0.05) is 30.3 Å². The lowest BCUT2D eigenvalue weighted by Gasteiger charge is -2.62. The molecule has 1 N–H and O–H groups in total. The summed E-state index contributed by atoms with van der Waals surface area (Å²) in [6.07, 6.45) is 3.35. The van der Waals surface area contributed by atoms with Gasteiger partial charge in [-0.25, -0.2) is 4.39 Å². The Bertz CT molecular complexity index is 732. The second-order valence-corrected chi connectivity index (χ2v) is 10.0. The second-order valence-electron chi connectivity index (χ2n) is 10.0. The van der Waals surface area contributed by atoms with E-state index in [1.165, 1.54) is 0 Å². The van der Waals surface area contributed by atoms with Crippen LogP contribution in [0.5, 0.6) is 0 Å². The lowest BCUT2D eigenvalue weighted by molar-refractivity contribution is -0.208. The molecule has 0 aliphatic heterocycles. The Morgan fingerprint density at radius 1 is 1.32 bits per heavy atom. The fourth-order valence-electron chi connectivity index (χ4n) is 7.67. The molecule has 0 unspecified atom stereocenters. The Labute approximate surface area is 166 Å². The molecule has 0 aromatic rings. The fraction of sp³-hybridized carbons (Fsp3) is 0.826. The highest BCUT2D eigenvalue weighted by atomic mass is 19.1. The molecule has 156 valence electrons. The van der Waals surface area contributed by atoms with E-state index >= 15 is 4.39 Å². The van der Waals surface area contributed by atoms with Crippen LogP contribution < -0.4 is 0 Å². The number of alkyl halides is 1. The molecule has 0 amide bonds. The minimum absolute atomic E-state index is 0.00218. The van der Waals surface area contributed by atoms with Crippen molar-refractivity contribution in [2.45, 2.75) is 84.1 Å². The van der Waals surface area contributed by atoms with Crippen LogP contribution in [0.4, 0.5) is 4.39 Å². The number of hydrogen-bond acceptors (Lipinski definition) is 4. The van der Waals surface area contributed by atoms with Crippen molar-refractivity contribution in [3.8, 4) is 0 Å². The van der Waals surface area contributed by atoms with Crippen molar-refractivity contribution in [1.82, 2.24) is 0 Å². The average Bonchev–Trinajstić information content (AvgIpc) is 2.89. The van der Waals surface area contributed by atoms with Gasteiger partial charge < -0.3 is 9.84 Å². The minimum atomic E-state index is -1.76. The Hall–Kier alpha value is -1.07. The second kappa shape index (κ2) is 6.46. The molecule has 4 nitrogen and oxygen atoms in total. The Kier molecular flexibility index (Phi) is 4.67. The number of ketones is 2. The third-order valence-electron chi connectivity index (χ3n) is 8.86. The van der Waals surface area contributed by atoms with Crippen LogP contribution in [0.25, 0.3) is 0 Å². The summed E-state index contributed by atoms with van der Waals surface area (Å²) in [5, 5.41) is 11.2. The van der Waals surface area contributed by atoms with Crippen LogP contribution in [-0.4, -0.2) is 41.2 Å². The zero-order chi connectivity index (χ0) is 20.5. The number of Topliss-reactive ketones (excluding diaryl/α,β-unsaturated/α-hetero) is 1. The first-order valence-electron chi connectivity index (χ1n) is 10.8. The van der Waals surface area contributed by atoms with Gasteiger partial charge in [-0.2, -0.15) is 0 Å². The van der Waals surface area contributed by atoms with E-state index in [9.17, 15) is 14.7 Å². The minimum Gasteiger partial charge on any atom is -0.390 e. The molecule has 4 rings (SSSR count). The zero-order valence-electron chi connectivity index (χ0n) is 17.5. The Morgan fingerprint density at radius 3 is 2.68 bits per heavy atom. The molecule has 0 bridgehead atoms. The maximum Gasteiger partial charge on any atom is 0.155 e. The van der Waals surface area contributed by atoms with Gasteiger partial charge in [0.2, 0.25) is 0 Å². The maximum atomic E-state index is 17.0. The number of carbonyl (C=O) groups excluding carboxylic acids is 2. The van der Waals surface area contributed by atoms with Gasteiger partial charge in [0.25, 0.3) is 0 Å². The Morgan fingerprint density at radius 2 is 2.04 bits per heavy atom. The molecule has 8 atom stereocenters. The summed E-state index contributed by atoms with van der Waals surface area (Å²) in [6, 6.07) is 0. The molecule has 0 radical (unpaired) electrons. The van der Waals surface area contributed by atoms with Crippen molar-refractivity contribution in [3.05, 3.63) is 11.6 Å². The molecule has 0 saturated heterocycles. The summed E-state index contributed by atoms with van der Waals surface area (Å²) in [6.45, 7) is 8.01. The number of carbonyl (C=O) groups is 2. The van der Waals surface area contributed by atoms with E-state index < -0.39 is 22.6 Å². The SMILES string of the molecule is CCO[C@@H]1C[C@H]2[C@@H]3CCC4=CC(=O)CC[C@]4(C)[C@@]3(F)[C@@H](O)C[C@]2(C)[C@H]1C(C)=O. The topological polar surface area (TPSA) is 63.6 Å². The largest absolute Gasteiger partial charge is 0.390 e. The first-order valence-corrected chi connectivity index (χ1v) is 10.8. The molecule has 0 aromatic heterocycles. The average molecular weight is 393 g/mol. The van der Waals surface area contributed by atoms with Crippen LogP contribution in [0.15, 0.2) is 11.6 Å².